The molecule has 4 aromatic rings. The van der Waals surface area contributed by atoms with Crippen LogP contribution in [0.5, 0.6) is 0 Å². The second-order valence-electron chi connectivity index (χ2n) is 7.34. The molecule has 0 spiro atoms. The number of hydrogen-bond acceptors (Lipinski definition) is 5. The lowest BCUT2D eigenvalue weighted by Crippen LogP contribution is -2.35. The van der Waals surface area contributed by atoms with E-state index in [1.807, 2.05) is 53.2 Å². The van der Waals surface area contributed by atoms with Gasteiger partial charge in [0.2, 0.25) is 4.77 Å². The molecule has 0 radical (unpaired) electrons. The van der Waals surface area contributed by atoms with Crippen LogP contribution in [-0.2, 0) is 6.67 Å². The summed E-state index contributed by atoms with van der Waals surface area (Å²) < 4.78 is 8.43. The van der Waals surface area contributed by atoms with Gasteiger partial charge in [-0.15, -0.1) is 0 Å². The van der Waals surface area contributed by atoms with Crippen molar-refractivity contribution in [2.24, 2.45) is 0 Å². The molecule has 3 heterocycles. The number of aromatic amines is 1. The lowest BCUT2D eigenvalue weighted by atomic mass is 9.97. The van der Waals surface area contributed by atoms with Gasteiger partial charge in [0.05, 0.1) is 6.67 Å². The molecular formula is C21H20ClN5OS. The normalized spacial score (nSPS) is 15.9. The summed E-state index contributed by atoms with van der Waals surface area (Å²) >= 11 is 11.4. The van der Waals surface area contributed by atoms with E-state index in [2.05, 4.69) is 20.0 Å². The fraction of sp³-hybridized carbons (Fsp3) is 0.286. The molecule has 0 atom stereocenters. The topological polar surface area (TPSA) is 62.9 Å². The second kappa shape index (κ2) is 7.74. The van der Waals surface area contributed by atoms with Gasteiger partial charge in [0.1, 0.15) is 5.52 Å². The van der Waals surface area contributed by atoms with Crippen LogP contribution >= 0.6 is 23.8 Å². The van der Waals surface area contributed by atoms with Crippen molar-refractivity contribution in [3.63, 3.8) is 0 Å². The molecule has 2 aromatic heterocycles. The number of likely N-dealkylation sites (tertiary alicyclic amines) is 1. The van der Waals surface area contributed by atoms with E-state index in [0.717, 1.165) is 54.3 Å². The highest BCUT2D eigenvalue weighted by molar-refractivity contribution is 7.71. The maximum absolute atomic E-state index is 5.97. The van der Waals surface area contributed by atoms with Gasteiger partial charge < -0.3 is 4.42 Å². The largest absolute Gasteiger partial charge is 0.440 e. The van der Waals surface area contributed by atoms with E-state index in [1.165, 1.54) is 0 Å². The summed E-state index contributed by atoms with van der Waals surface area (Å²) in [5.74, 6) is 1.97. The van der Waals surface area contributed by atoms with E-state index in [4.69, 9.17) is 28.2 Å². The molecule has 0 aliphatic carbocycles. The maximum atomic E-state index is 5.97. The average molecular weight is 426 g/mol. The number of H-pyrrole nitrogens is 1. The summed E-state index contributed by atoms with van der Waals surface area (Å²) in [6, 6.07) is 15.5. The van der Waals surface area contributed by atoms with Crippen molar-refractivity contribution in [3.05, 3.63) is 64.2 Å². The maximum Gasteiger partial charge on any atom is 0.217 e. The van der Waals surface area contributed by atoms with Crippen LogP contribution in [0.4, 0.5) is 0 Å². The van der Waals surface area contributed by atoms with E-state index in [0.29, 0.717) is 22.4 Å². The van der Waals surface area contributed by atoms with Crippen molar-refractivity contribution in [3.8, 4) is 11.4 Å². The van der Waals surface area contributed by atoms with Gasteiger partial charge in [-0.05, 0) is 61.5 Å². The molecule has 0 bridgehead atoms. The molecule has 1 saturated heterocycles. The number of piperidine rings is 1. The molecule has 1 fully saturated rings. The van der Waals surface area contributed by atoms with Gasteiger partial charge in [0.15, 0.2) is 17.3 Å². The number of rotatable bonds is 4. The van der Waals surface area contributed by atoms with Gasteiger partial charge in [-0.2, -0.15) is 4.98 Å². The summed E-state index contributed by atoms with van der Waals surface area (Å²) in [6.45, 7) is 2.61. The molecule has 0 unspecified atom stereocenters. The third kappa shape index (κ3) is 3.85. The molecule has 2 aromatic carbocycles. The van der Waals surface area contributed by atoms with Crippen molar-refractivity contribution in [2.45, 2.75) is 25.4 Å². The molecule has 0 saturated carbocycles. The third-order valence-corrected chi connectivity index (χ3v) is 5.95. The zero-order chi connectivity index (χ0) is 19.8. The van der Waals surface area contributed by atoms with Crippen molar-refractivity contribution < 1.29 is 4.42 Å². The van der Waals surface area contributed by atoms with E-state index >= 15 is 0 Å². The number of halogens is 1. The summed E-state index contributed by atoms with van der Waals surface area (Å²) in [6.07, 6.45) is 2.02. The molecule has 0 amide bonds. The van der Waals surface area contributed by atoms with Gasteiger partial charge in [0.25, 0.3) is 0 Å². The smallest absolute Gasteiger partial charge is 0.217 e. The van der Waals surface area contributed by atoms with E-state index in [9.17, 15) is 0 Å². The van der Waals surface area contributed by atoms with Gasteiger partial charge in [-0.3, -0.25) is 10.00 Å². The summed E-state index contributed by atoms with van der Waals surface area (Å²) in [4.78, 5) is 11.5. The molecule has 148 valence electrons. The zero-order valence-electron chi connectivity index (χ0n) is 15.7. The molecule has 1 N–H and O–H groups in total. The lowest BCUT2D eigenvalue weighted by molar-refractivity contribution is 0.153. The minimum absolute atomic E-state index is 0.359. The first-order valence-corrected chi connectivity index (χ1v) is 10.4. The van der Waals surface area contributed by atoms with Crippen molar-refractivity contribution in [1.82, 2.24) is 24.6 Å². The molecule has 1 aliphatic rings. The van der Waals surface area contributed by atoms with Crippen molar-refractivity contribution >= 4 is 34.9 Å². The van der Waals surface area contributed by atoms with Crippen molar-refractivity contribution in [2.75, 3.05) is 13.1 Å². The zero-order valence-corrected chi connectivity index (χ0v) is 17.3. The van der Waals surface area contributed by atoms with Gasteiger partial charge in [-0.25, -0.2) is 9.67 Å². The molecule has 29 heavy (non-hydrogen) atoms. The summed E-state index contributed by atoms with van der Waals surface area (Å²) in [7, 11) is 0. The summed E-state index contributed by atoms with van der Waals surface area (Å²) in [5, 5.41) is 4.01. The predicted octanol–water partition coefficient (Wildman–Crippen LogP) is 5.24. The van der Waals surface area contributed by atoms with Gasteiger partial charge in [0, 0.05) is 29.6 Å². The van der Waals surface area contributed by atoms with Crippen LogP contribution in [0, 0.1) is 4.77 Å². The summed E-state index contributed by atoms with van der Waals surface area (Å²) in [5.41, 5.74) is 2.76. The Kier molecular flexibility index (Phi) is 4.95. The van der Waals surface area contributed by atoms with Crippen molar-refractivity contribution in [1.29, 1.82) is 0 Å². The number of fused-ring (bicyclic) bond motifs is 1. The number of hydrogen-bond donors (Lipinski definition) is 1. The Labute approximate surface area is 178 Å². The van der Waals surface area contributed by atoms with Crippen LogP contribution in [-0.4, -0.2) is 37.7 Å². The fourth-order valence-corrected chi connectivity index (χ4v) is 4.10. The van der Waals surface area contributed by atoms with Crippen LogP contribution in [0.2, 0.25) is 5.02 Å². The molecular weight excluding hydrogens is 406 g/mol. The van der Waals surface area contributed by atoms with E-state index < -0.39 is 0 Å². The van der Waals surface area contributed by atoms with E-state index in [-0.39, 0.29) is 0 Å². The Hall–Kier alpha value is -2.48. The highest BCUT2D eigenvalue weighted by Crippen LogP contribution is 2.30. The minimum Gasteiger partial charge on any atom is -0.440 e. The van der Waals surface area contributed by atoms with E-state index in [1.54, 1.807) is 0 Å². The first-order chi connectivity index (χ1) is 14.2. The van der Waals surface area contributed by atoms with Gasteiger partial charge >= 0.3 is 0 Å². The average Bonchev–Trinajstić information content (AvgIpc) is 3.33. The number of para-hydroxylation sites is 2. The highest BCUT2D eigenvalue weighted by atomic mass is 35.5. The SMILES string of the molecule is S=c1nc(-c2ccc(Cl)cc2)[nH]n1CN1CCC(c2nc3ccccc3o2)CC1. The molecule has 1 aliphatic heterocycles. The number of oxazole rings is 1. The number of aromatic nitrogens is 4. The molecule has 6 nitrogen and oxygen atoms in total. The number of nitrogens with zero attached hydrogens (tertiary/aromatic N) is 4. The minimum atomic E-state index is 0.359. The number of benzene rings is 2. The lowest BCUT2D eigenvalue weighted by Gasteiger charge is -2.30. The Morgan fingerprint density at radius 1 is 1.07 bits per heavy atom. The Balaban J connectivity index is 1.25. The van der Waals surface area contributed by atoms with Crippen LogP contribution in [0.3, 0.4) is 0 Å². The predicted molar refractivity (Wildman–Crippen MR) is 115 cm³/mol. The standard InChI is InChI=1S/C21H20ClN5OS/c22-16-7-5-14(6-8-16)19-24-21(29)27(25-19)13-26-11-9-15(10-12-26)20-23-17-3-1-2-4-18(17)28-20/h1-8,15H,9-13H2,(H,24,25,29). The quantitative estimate of drug-likeness (QED) is 0.453. The molecule has 8 heteroatoms. The Bertz CT molecular complexity index is 1150. The second-order valence-corrected chi connectivity index (χ2v) is 8.14. The fourth-order valence-electron chi connectivity index (χ4n) is 3.78. The molecule has 5 rings (SSSR count). The highest BCUT2D eigenvalue weighted by Gasteiger charge is 2.25. The first-order valence-electron chi connectivity index (χ1n) is 9.66. The third-order valence-electron chi connectivity index (χ3n) is 5.39. The van der Waals surface area contributed by atoms with Crippen LogP contribution < -0.4 is 0 Å². The monoisotopic (exact) mass is 425 g/mol. The van der Waals surface area contributed by atoms with Crippen LogP contribution in [0.15, 0.2) is 52.9 Å². The van der Waals surface area contributed by atoms with Crippen LogP contribution in [0.1, 0.15) is 24.7 Å². The Morgan fingerprint density at radius 2 is 1.83 bits per heavy atom. The number of nitrogens with one attached hydrogen (secondary N) is 1. The first kappa shape index (κ1) is 18.5. The van der Waals surface area contributed by atoms with Crippen LogP contribution in [0.25, 0.3) is 22.5 Å². The van der Waals surface area contributed by atoms with Gasteiger partial charge in [-0.1, -0.05) is 23.7 Å². The Morgan fingerprint density at radius 3 is 2.59 bits per heavy atom.